The van der Waals surface area contributed by atoms with E-state index in [1.807, 2.05) is 0 Å². The molecule has 13 heavy (non-hydrogen) atoms. The number of rotatable bonds is 0. The minimum atomic E-state index is 0.375. The molecule has 0 heterocycles. The van der Waals surface area contributed by atoms with Crippen molar-refractivity contribution < 1.29 is 10.2 Å². The second kappa shape index (κ2) is 2.19. The van der Waals surface area contributed by atoms with Crippen molar-refractivity contribution in [2.24, 2.45) is 0 Å². The first kappa shape index (κ1) is 7.25. The van der Waals surface area contributed by atoms with E-state index in [1.165, 1.54) is 12.8 Å². The minimum absolute atomic E-state index is 0.375. The number of aromatic hydroxyl groups is 2. The highest BCUT2D eigenvalue weighted by atomic mass is 16.3. The van der Waals surface area contributed by atoms with Gasteiger partial charge < -0.3 is 10.2 Å². The molecule has 1 aromatic carbocycles. The van der Waals surface area contributed by atoms with Gasteiger partial charge in [-0.1, -0.05) is 0 Å². The molecule has 2 bridgehead atoms. The van der Waals surface area contributed by atoms with E-state index < -0.39 is 0 Å². The Labute approximate surface area is 76.8 Å². The van der Waals surface area contributed by atoms with Crippen molar-refractivity contribution in [2.45, 2.75) is 31.1 Å². The van der Waals surface area contributed by atoms with Gasteiger partial charge in [0, 0.05) is 11.1 Å². The number of hydrogen-bond acceptors (Lipinski definition) is 2. The van der Waals surface area contributed by atoms with Crippen LogP contribution in [0.3, 0.4) is 0 Å². The maximum atomic E-state index is 9.67. The number of hydrogen-bond donors (Lipinski definition) is 2. The average Bonchev–Trinajstić information content (AvgIpc) is 2.70. The van der Waals surface area contributed by atoms with Gasteiger partial charge in [-0.3, -0.25) is 0 Å². The van der Waals surface area contributed by atoms with E-state index >= 15 is 0 Å². The first-order valence-corrected chi connectivity index (χ1v) is 4.82. The molecule has 0 spiro atoms. The van der Waals surface area contributed by atoms with Gasteiger partial charge in [0.05, 0.1) is 0 Å². The lowest BCUT2D eigenvalue weighted by molar-refractivity contribution is 0.442. The van der Waals surface area contributed by atoms with Crippen molar-refractivity contribution in [1.82, 2.24) is 0 Å². The van der Waals surface area contributed by atoms with E-state index in [1.54, 1.807) is 12.1 Å². The summed E-state index contributed by atoms with van der Waals surface area (Å²) in [5.41, 5.74) is 2.05. The van der Waals surface area contributed by atoms with Crippen LogP contribution >= 0.6 is 0 Å². The van der Waals surface area contributed by atoms with Crippen LogP contribution in [0.1, 0.15) is 42.2 Å². The molecular formula is C11H12O2. The molecule has 0 aromatic heterocycles. The van der Waals surface area contributed by atoms with Gasteiger partial charge in [0.1, 0.15) is 11.5 Å². The molecule has 2 N–H and O–H groups in total. The smallest absolute Gasteiger partial charge is 0.119 e. The van der Waals surface area contributed by atoms with E-state index in [-0.39, 0.29) is 0 Å². The topological polar surface area (TPSA) is 40.5 Å². The summed E-state index contributed by atoms with van der Waals surface area (Å²) in [6.07, 6.45) is 3.48. The SMILES string of the molecule is Oc1ccc(O)c2c1[C@H]1CC[C@H]2C1. The molecule has 2 nitrogen and oxygen atoms in total. The monoisotopic (exact) mass is 176 g/mol. The Hall–Kier alpha value is -1.18. The van der Waals surface area contributed by atoms with Crippen LogP contribution in [0.25, 0.3) is 0 Å². The second-order valence-electron chi connectivity index (χ2n) is 4.14. The van der Waals surface area contributed by atoms with Gasteiger partial charge in [-0.25, -0.2) is 0 Å². The fraction of sp³-hybridized carbons (Fsp3) is 0.455. The van der Waals surface area contributed by atoms with Gasteiger partial charge in [-0.05, 0) is 43.2 Å². The van der Waals surface area contributed by atoms with Crippen LogP contribution in [-0.2, 0) is 0 Å². The third-order valence-electron chi connectivity index (χ3n) is 3.49. The number of phenolic OH excluding ortho intramolecular Hbond substituents is 2. The summed E-state index contributed by atoms with van der Waals surface area (Å²) >= 11 is 0. The van der Waals surface area contributed by atoms with E-state index in [2.05, 4.69) is 0 Å². The van der Waals surface area contributed by atoms with Crippen molar-refractivity contribution in [3.63, 3.8) is 0 Å². The van der Waals surface area contributed by atoms with Crippen LogP contribution in [0, 0.1) is 0 Å². The van der Waals surface area contributed by atoms with Gasteiger partial charge in [-0.2, -0.15) is 0 Å². The summed E-state index contributed by atoms with van der Waals surface area (Å²) in [7, 11) is 0. The van der Waals surface area contributed by atoms with Gasteiger partial charge in [0.25, 0.3) is 0 Å². The molecule has 1 aromatic rings. The fourth-order valence-corrected chi connectivity index (χ4v) is 2.98. The molecule has 0 saturated heterocycles. The molecule has 0 radical (unpaired) electrons. The standard InChI is InChI=1S/C11H12O2/c12-8-3-4-9(13)11-7-2-1-6(5-7)10(8)11/h3-4,6-7,12-13H,1-2,5H2/t6-,7-/m0/s1. The second-order valence-corrected chi connectivity index (χ2v) is 4.14. The predicted molar refractivity (Wildman–Crippen MR) is 49.1 cm³/mol. The molecule has 3 rings (SSSR count). The third-order valence-corrected chi connectivity index (χ3v) is 3.49. The third kappa shape index (κ3) is 0.781. The molecule has 2 aliphatic rings. The molecule has 2 atom stereocenters. The average molecular weight is 176 g/mol. The van der Waals surface area contributed by atoms with Crippen molar-refractivity contribution in [3.8, 4) is 11.5 Å². The summed E-state index contributed by atoms with van der Waals surface area (Å²) in [6, 6.07) is 3.21. The number of fused-ring (bicyclic) bond motifs is 5. The van der Waals surface area contributed by atoms with Gasteiger partial charge in [0.2, 0.25) is 0 Å². The molecule has 1 fully saturated rings. The predicted octanol–water partition coefficient (Wildman–Crippen LogP) is 2.46. The van der Waals surface area contributed by atoms with Crippen LogP contribution in [0.5, 0.6) is 11.5 Å². The Bertz CT molecular complexity index is 336. The van der Waals surface area contributed by atoms with Gasteiger partial charge in [0.15, 0.2) is 0 Å². The van der Waals surface area contributed by atoms with E-state index in [0.717, 1.165) is 17.5 Å². The molecular weight excluding hydrogens is 164 g/mol. The highest BCUT2D eigenvalue weighted by molar-refractivity contribution is 5.55. The van der Waals surface area contributed by atoms with Crippen molar-refractivity contribution in [1.29, 1.82) is 0 Å². The van der Waals surface area contributed by atoms with Gasteiger partial charge in [-0.15, -0.1) is 0 Å². The van der Waals surface area contributed by atoms with Crippen LogP contribution < -0.4 is 0 Å². The van der Waals surface area contributed by atoms with Crippen LogP contribution in [0.4, 0.5) is 0 Å². The summed E-state index contributed by atoms with van der Waals surface area (Å²) < 4.78 is 0. The maximum Gasteiger partial charge on any atom is 0.119 e. The Balaban J connectivity index is 2.30. The summed E-state index contributed by atoms with van der Waals surface area (Å²) in [5, 5.41) is 19.3. The summed E-state index contributed by atoms with van der Waals surface area (Å²) in [5.74, 6) is 1.76. The molecule has 1 saturated carbocycles. The van der Waals surface area contributed by atoms with Crippen molar-refractivity contribution >= 4 is 0 Å². The largest absolute Gasteiger partial charge is 0.508 e. The first-order chi connectivity index (χ1) is 6.27. The lowest BCUT2D eigenvalue weighted by Gasteiger charge is -2.17. The zero-order valence-electron chi connectivity index (χ0n) is 7.33. The van der Waals surface area contributed by atoms with Crippen LogP contribution in [0.2, 0.25) is 0 Å². The summed E-state index contributed by atoms with van der Waals surface area (Å²) in [4.78, 5) is 0. The van der Waals surface area contributed by atoms with Crippen LogP contribution in [-0.4, -0.2) is 10.2 Å². The highest BCUT2D eigenvalue weighted by Crippen LogP contribution is 2.58. The van der Waals surface area contributed by atoms with Crippen molar-refractivity contribution in [3.05, 3.63) is 23.3 Å². The minimum Gasteiger partial charge on any atom is -0.508 e. The van der Waals surface area contributed by atoms with E-state index in [9.17, 15) is 10.2 Å². The highest BCUT2D eigenvalue weighted by Gasteiger charge is 2.40. The Kier molecular flexibility index (Phi) is 1.22. The number of benzene rings is 1. The molecule has 0 unspecified atom stereocenters. The lowest BCUT2D eigenvalue weighted by Crippen LogP contribution is -1.98. The Morgan fingerprint density at radius 1 is 0.923 bits per heavy atom. The fourth-order valence-electron chi connectivity index (χ4n) is 2.98. The summed E-state index contributed by atoms with van der Waals surface area (Å²) in [6.45, 7) is 0. The van der Waals surface area contributed by atoms with Crippen molar-refractivity contribution in [2.75, 3.05) is 0 Å². The van der Waals surface area contributed by atoms with Crippen LogP contribution in [0.15, 0.2) is 12.1 Å². The molecule has 68 valence electrons. The Morgan fingerprint density at radius 3 is 1.85 bits per heavy atom. The zero-order valence-corrected chi connectivity index (χ0v) is 7.33. The molecule has 2 heteroatoms. The molecule has 2 aliphatic carbocycles. The maximum absolute atomic E-state index is 9.67. The molecule has 0 aliphatic heterocycles. The zero-order chi connectivity index (χ0) is 9.00. The molecule has 0 amide bonds. The van der Waals surface area contributed by atoms with Gasteiger partial charge >= 0.3 is 0 Å². The lowest BCUT2D eigenvalue weighted by atomic mass is 9.90. The normalized spacial score (nSPS) is 29.2. The first-order valence-electron chi connectivity index (χ1n) is 4.82. The Morgan fingerprint density at radius 2 is 1.38 bits per heavy atom. The van der Waals surface area contributed by atoms with E-state index in [0.29, 0.717) is 23.3 Å². The quantitative estimate of drug-likeness (QED) is 0.596. The number of phenols is 2. The van der Waals surface area contributed by atoms with E-state index in [4.69, 9.17) is 0 Å².